The van der Waals surface area contributed by atoms with Gasteiger partial charge in [0, 0.05) is 23.4 Å². The van der Waals surface area contributed by atoms with E-state index >= 15 is 0 Å². The van der Waals surface area contributed by atoms with Crippen LogP contribution in [0.3, 0.4) is 0 Å². The summed E-state index contributed by atoms with van der Waals surface area (Å²) in [5, 5.41) is 4.17. The zero-order valence-electron chi connectivity index (χ0n) is 17.4. The summed E-state index contributed by atoms with van der Waals surface area (Å²) in [6, 6.07) is 13.1. The Morgan fingerprint density at radius 1 is 1.03 bits per heavy atom. The number of aromatic nitrogens is 2. The van der Waals surface area contributed by atoms with Crippen molar-refractivity contribution in [2.24, 2.45) is 0 Å². The zero-order chi connectivity index (χ0) is 21.8. The van der Waals surface area contributed by atoms with Gasteiger partial charge in [-0.3, -0.25) is 4.90 Å². The lowest BCUT2D eigenvalue weighted by atomic mass is 10.1. The fraction of sp³-hybridized carbons (Fsp3) is 0.304. The second kappa shape index (κ2) is 9.73. The van der Waals surface area contributed by atoms with Gasteiger partial charge in [0.25, 0.3) is 0 Å². The molecule has 3 N–H and O–H groups in total. The minimum Gasteiger partial charge on any atom is -0.492 e. The van der Waals surface area contributed by atoms with Crippen molar-refractivity contribution in [2.75, 3.05) is 37.3 Å². The van der Waals surface area contributed by atoms with Gasteiger partial charge in [-0.05, 0) is 69.3 Å². The summed E-state index contributed by atoms with van der Waals surface area (Å²) in [5.41, 5.74) is 9.29. The molecule has 1 saturated heterocycles. The van der Waals surface area contributed by atoms with Crippen LogP contribution >= 0.6 is 23.2 Å². The number of nitrogens with zero attached hydrogens (tertiary/aromatic N) is 3. The van der Waals surface area contributed by atoms with Crippen molar-refractivity contribution in [3.8, 4) is 17.0 Å². The molecule has 0 unspecified atom stereocenters. The molecular formula is C23H25Cl2N5O. The number of nitrogens with two attached hydrogens (primary N) is 1. The molecule has 2 heterocycles. The number of nitrogens with one attached hydrogen (secondary N) is 1. The third-order valence-corrected chi connectivity index (χ3v) is 6.10. The van der Waals surface area contributed by atoms with Crippen LogP contribution in [-0.2, 0) is 0 Å². The van der Waals surface area contributed by atoms with E-state index < -0.39 is 0 Å². The summed E-state index contributed by atoms with van der Waals surface area (Å²) in [4.78, 5) is 11.4. The largest absolute Gasteiger partial charge is 0.492 e. The summed E-state index contributed by atoms with van der Waals surface area (Å²) >= 11 is 12.2. The van der Waals surface area contributed by atoms with Gasteiger partial charge in [-0.2, -0.15) is 4.98 Å². The van der Waals surface area contributed by atoms with E-state index in [4.69, 9.17) is 33.7 Å². The van der Waals surface area contributed by atoms with Crippen LogP contribution in [0, 0.1) is 6.92 Å². The molecular weight excluding hydrogens is 433 g/mol. The van der Waals surface area contributed by atoms with Crippen LogP contribution < -0.4 is 15.8 Å². The van der Waals surface area contributed by atoms with Crippen molar-refractivity contribution in [3.05, 3.63) is 58.1 Å². The van der Waals surface area contributed by atoms with Gasteiger partial charge in [0.05, 0.1) is 15.7 Å². The highest BCUT2D eigenvalue weighted by Gasteiger charge is 2.13. The second-order valence-corrected chi connectivity index (χ2v) is 8.40. The molecule has 162 valence electrons. The topological polar surface area (TPSA) is 76.3 Å². The van der Waals surface area contributed by atoms with Gasteiger partial charge in [-0.25, -0.2) is 4.98 Å². The first-order valence-corrected chi connectivity index (χ1v) is 11.1. The number of benzene rings is 2. The van der Waals surface area contributed by atoms with Gasteiger partial charge in [-0.15, -0.1) is 0 Å². The van der Waals surface area contributed by atoms with Crippen LogP contribution in [0.1, 0.15) is 18.4 Å². The van der Waals surface area contributed by atoms with Gasteiger partial charge in [0.2, 0.25) is 5.95 Å². The maximum absolute atomic E-state index is 6.18. The standard InChI is InChI=1S/C23H25Cl2N5O/c1-15-21(16-4-9-19(24)20(25)14-16)28-23(29-22(15)26)27-17-5-7-18(8-6-17)31-13-12-30-10-2-3-11-30/h4-9,14H,2-3,10-13H2,1H3,(H3,26,27,28,29). The van der Waals surface area contributed by atoms with Gasteiger partial charge in [0.15, 0.2) is 0 Å². The van der Waals surface area contributed by atoms with Crippen molar-refractivity contribution in [3.63, 3.8) is 0 Å². The molecule has 2 aromatic carbocycles. The van der Waals surface area contributed by atoms with Crippen LogP contribution in [0.2, 0.25) is 10.0 Å². The molecule has 0 aliphatic carbocycles. The van der Waals surface area contributed by atoms with E-state index in [-0.39, 0.29) is 0 Å². The number of nitrogen functional groups attached to an aromatic ring is 1. The molecule has 0 atom stereocenters. The Bertz CT molecular complexity index is 1050. The Labute approximate surface area is 192 Å². The average Bonchev–Trinajstić information content (AvgIpc) is 3.27. The average molecular weight is 458 g/mol. The van der Waals surface area contributed by atoms with E-state index in [2.05, 4.69) is 20.2 Å². The van der Waals surface area contributed by atoms with E-state index in [1.54, 1.807) is 12.1 Å². The van der Waals surface area contributed by atoms with Gasteiger partial charge < -0.3 is 15.8 Å². The molecule has 31 heavy (non-hydrogen) atoms. The molecule has 8 heteroatoms. The monoisotopic (exact) mass is 457 g/mol. The van der Waals surface area contributed by atoms with E-state index in [9.17, 15) is 0 Å². The SMILES string of the molecule is Cc1c(N)nc(Nc2ccc(OCCN3CCCC3)cc2)nc1-c1ccc(Cl)c(Cl)c1. The van der Waals surface area contributed by atoms with E-state index in [0.717, 1.165) is 29.1 Å². The van der Waals surface area contributed by atoms with Gasteiger partial charge in [0.1, 0.15) is 18.2 Å². The van der Waals surface area contributed by atoms with Crippen LogP contribution in [0.5, 0.6) is 5.75 Å². The Morgan fingerprint density at radius 2 is 1.77 bits per heavy atom. The number of hydrogen-bond acceptors (Lipinski definition) is 6. The fourth-order valence-corrected chi connectivity index (χ4v) is 3.87. The lowest BCUT2D eigenvalue weighted by molar-refractivity contribution is 0.238. The molecule has 3 aromatic rings. The number of anilines is 3. The number of ether oxygens (including phenoxy) is 1. The van der Waals surface area contributed by atoms with E-state index in [1.807, 2.05) is 37.3 Å². The fourth-order valence-electron chi connectivity index (χ4n) is 3.58. The summed E-state index contributed by atoms with van der Waals surface area (Å²) in [6.45, 7) is 5.89. The molecule has 1 aliphatic heterocycles. The highest BCUT2D eigenvalue weighted by atomic mass is 35.5. The lowest BCUT2D eigenvalue weighted by Crippen LogP contribution is -2.25. The van der Waals surface area contributed by atoms with Crippen molar-refractivity contribution in [1.82, 2.24) is 14.9 Å². The highest BCUT2D eigenvalue weighted by Crippen LogP contribution is 2.31. The number of rotatable bonds is 7. The number of halogens is 2. The molecule has 6 nitrogen and oxygen atoms in total. The molecule has 1 aliphatic rings. The Kier molecular flexibility index (Phi) is 6.80. The van der Waals surface area contributed by atoms with Crippen LogP contribution in [-0.4, -0.2) is 41.1 Å². The Morgan fingerprint density at radius 3 is 2.48 bits per heavy atom. The molecule has 1 fully saturated rings. The quantitative estimate of drug-likeness (QED) is 0.483. The predicted octanol–water partition coefficient (Wildman–Crippen LogP) is 5.56. The third kappa shape index (κ3) is 5.39. The lowest BCUT2D eigenvalue weighted by Gasteiger charge is -2.15. The predicted molar refractivity (Wildman–Crippen MR) is 128 cm³/mol. The summed E-state index contributed by atoms with van der Waals surface area (Å²) in [7, 11) is 0. The summed E-state index contributed by atoms with van der Waals surface area (Å²) in [6.07, 6.45) is 2.58. The number of hydrogen-bond donors (Lipinski definition) is 2. The maximum atomic E-state index is 6.18. The number of likely N-dealkylation sites (tertiary alicyclic amines) is 1. The van der Waals surface area contributed by atoms with Crippen LogP contribution in [0.15, 0.2) is 42.5 Å². The van der Waals surface area contributed by atoms with Crippen molar-refractivity contribution >= 4 is 40.7 Å². The zero-order valence-corrected chi connectivity index (χ0v) is 18.9. The van der Waals surface area contributed by atoms with Crippen molar-refractivity contribution < 1.29 is 4.74 Å². The first-order chi connectivity index (χ1) is 15.0. The van der Waals surface area contributed by atoms with Crippen LogP contribution in [0.4, 0.5) is 17.5 Å². The molecule has 4 rings (SSSR count). The summed E-state index contributed by atoms with van der Waals surface area (Å²) < 4.78 is 5.86. The normalized spacial score (nSPS) is 14.0. The van der Waals surface area contributed by atoms with Crippen molar-refractivity contribution in [1.29, 1.82) is 0 Å². The van der Waals surface area contributed by atoms with Crippen LogP contribution in [0.25, 0.3) is 11.3 Å². The molecule has 0 bridgehead atoms. The molecule has 0 saturated carbocycles. The first-order valence-electron chi connectivity index (χ1n) is 10.3. The molecule has 1 aromatic heterocycles. The van der Waals surface area contributed by atoms with E-state index in [0.29, 0.717) is 34.1 Å². The Balaban J connectivity index is 1.45. The minimum absolute atomic E-state index is 0.403. The molecule has 0 amide bonds. The van der Waals surface area contributed by atoms with Gasteiger partial charge in [-0.1, -0.05) is 29.3 Å². The maximum Gasteiger partial charge on any atom is 0.229 e. The first kappa shape index (κ1) is 21.7. The Hall–Kier alpha value is -2.54. The minimum atomic E-state index is 0.403. The third-order valence-electron chi connectivity index (χ3n) is 5.36. The second-order valence-electron chi connectivity index (χ2n) is 7.58. The summed E-state index contributed by atoms with van der Waals surface area (Å²) in [5.74, 6) is 1.65. The van der Waals surface area contributed by atoms with E-state index in [1.165, 1.54) is 25.9 Å². The smallest absolute Gasteiger partial charge is 0.229 e. The van der Waals surface area contributed by atoms with Crippen molar-refractivity contribution in [2.45, 2.75) is 19.8 Å². The van der Waals surface area contributed by atoms with Gasteiger partial charge >= 0.3 is 0 Å². The highest BCUT2D eigenvalue weighted by molar-refractivity contribution is 6.42. The molecule has 0 spiro atoms. The molecule has 0 radical (unpaired) electrons.